The van der Waals surface area contributed by atoms with Crippen LogP contribution in [0.2, 0.25) is 0 Å². The van der Waals surface area contributed by atoms with Gasteiger partial charge in [-0.05, 0) is 49.0 Å². The number of rotatable bonds is 5. The van der Waals surface area contributed by atoms with E-state index < -0.39 is 17.7 Å². The van der Waals surface area contributed by atoms with E-state index in [9.17, 15) is 18.4 Å². The van der Waals surface area contributed by atoms with Crippen molar-refractivity contribution < 1.29 is 13.6 Å². The summed E-state index contributed by atoms with van der Waals surface area (Å²) in [6.07, 6.45) is 0.0419. The van der Waals surface area contributed by atoms with Crippen LogP contribution in [0, 0.1) is 16.4 Å². The number of H-pyrrole nitrogens is 1. The quantitative estimate of drug-likeness (QED) is 0.657. The van der Waals surface area contributed by atoms with E-state index in [1.54, 1.807) is 38.2 Å². The third-order valence-corrected chi connectivity index (χ3v) is 5.16. The molecule has 0 spiro atoms. The molecule has 3 rings (SSSR count). The topological polar surface area (TPSA) is 58.1 Å². The molecular weight excluding hydrogens is 384 g/mol. The summed E-state index contributed by atoms with van der Waals surface area (Å²) in [5.74, 6) is -2.14. The normalized spacial score (nSPS) is 12.1. The molecule has 8 heteroatoms. The first-order chi connectivity index (χ1) is 13.3. The van der Waals surface area contributed by atoms with Crippen molar-refractivity contribution in [1.29, 1.82) is 0 Å². The summed E-state index contributed by atoms with van der Waals surface area (Å²) in [4.78, 5) is 29.6. The third kappa shape index (κ3) is 3.87. The molecule has 2 aromatic carbocycles. The second-order valence-corrected chi connectivity index (χ2v) is 6.92. The third-order valence-electron chi connectivity index (χ3n) is 4.84. The first-order valence-corrected chi connectivity index (χ1v) is 9.13. The minimum absolute atomic E-state index is 0.0419. The van der Waals surface area contributed by atoms with E-state index in [0.717, 1.165) is 12.1 Å². The summed E-state index contributed by atoms with van der Waals surface area (Å²) >= 11 is 5.24. The van der Waals surface area contributed by atoms with Crippen LogP contribution in [0.1, 0.15) is 24.9 Å². The molecule has 0 aliphatic carbocycles. The number of carbonyl (C=O) groups is 1. The van der Waals surface area contributed by atoms with Gasteiger partial charge >= 0.3 is 0 Å². The maximum atomic E-state index is 13.5. The zero-order valence-corrected chi connectivity index (χ0v) is 16.2. The lowest BCUT2D eigenvalue weighted by molar-refractivity contribution is -0.132. The van der Waals surface area contributed by atoms with E-state index in [0.29, 0.717) is 16.5 Å². The number of amides is 1. The Bertz CT molecular complexity index is 1160. The van der Waals surface area contributed by atoms with Crippen LogP contribution < -0.4 is 5.56 Å². The molecule has 1 N–H and O–H groups in total. The molecule has 0 radical (unpaired) electrons. The fourth-order valence-electron chi connectivity index (χ4n) is 3.00. The Balaban J connectivity index is 1.76. The molecule has 1 unspecified atom stereocenters. The lowest BCUT2D eigenvalue weighted by Gasteiger charge is -2.25. The molecule has 1 atom stereocenters. The van der Waals surface area contributed by atoms with Crippen LogP contribution in [0.4, 0.5) is 8.78 Å². The molecular formula is C20H19F2N3O2S. The highest BCUT2D eigenvalue weighted by molar-refractivity contribution is 7.71. The van der Waals surface area contributed by atoms with E-state index in [4.69, 9.17) is 12.2 Å². The van der Waals surface area contributed by atoms with Crippen LogP contribution >= 0.6 is 12.2 Å². The Hall–Kier alpha value is -2.87. The predicted octanol–water partition coefficient (Wildman–Crippen LogP) is 3.95. The molecule has 0 aliphatic heterocycles. The van der Waals surface area contributed by atoms with Crippen LogP contribution in [-0.2, 0) is 11.3 Å². The molecule has 0 bridgehead atoms. The van der Waals surface area contributed by atoms with Gasteiger partial charge in [-0.15, -0.1) is 0 Å². The van der Waals surface area contributed by atoms with Crippen LogP contribution in [0.25, 0.3) is 10.9 Å². The number of hydrogen-bond acceptors (Lipinski definition) is 3. The number of benzene rings is 2. The van der Waals surface area contributed by atoms with Crippen LogP contribution in [0.5, 0.6) is 0 Å². The van der Waals surface area contributed by atoms with Gasteiger partial charge in [0.05, 0.1) is 16.9 Å². The Morgan fingerprint density at radius 2 is 1.93 bits per heavy atom. The van der Waals surface area contributed by atoms with Gasteiger partial charge in [-0.3, -0.25) is 14.2 Å². The van der Waals surface area contributed by atoms with E-state index in [1.807, 2.05) is 0 Å². The first-order valence-electron chi connectivity index (χ1n) is 8.72. The highest BCUT2D eigenvalue weighted by Crippen LogP contribution is 2.21. The first kappa shape index (κ1) is 19.9. The molecule has 28 heavy (non-hydrogen) atoms. The number of aromatic amines is 1. The lowest BCUT2D eigenvalue weighted by atomic mass is 10.1. The van der Waals surface area contributed by atoms with Crippen molar-refractivity contribution in [3.05, 3.63) is 74.8 Å². The van der Waals surface area contributed by atoms with Gasteiger partial charge in [0.15, 0.2) is 16.4 Å². The van der Waals surface area contributed by atoms with Gasteiger partial charge in [0, 0.05) is 20.0 Å². The highest BCUT2D eigenvalue weighted by Gasteiger charge is 2.19. The molecule has 3 aromatic rings. The zero-order valence-electron chi connectivity index (χ0n) is 15.4. The molecule has 0 fully saturated rings. The number of para-hydroxylation sites is 1. The van der Waals surface area contributed by atoms with Crippen molar-refractivity contribution in [2.24, 2.45) is 0 Å². The maximum absolute atomic E-state index is 13.5. The molecule has 0 saturated heterocycles. The molecule has 146 valence electrons. The Kier molecular flexibility index (Phi) is 5.69. The summed E-state index contributed by atoms with van der Waals surface area (Å²) in [5.41, 5.74) is 0.863. The number of fused-ring (bicyclic) bond motifs is 1. The van der Waals surface area contributed by atoms with Crippen molar-refractivity contribution in [3.63, 3.8) is 0 Å². The van der Waals surface area contributed by atoms with Gasteiger partial charge in [0.1, 0.15) is 0 Å². The largest absolute Gasteiger partial charge is 0.339 e. The van der Waals surface area contributed by atoms with Crippen molar-refractivity contribution in [2.75, 3.05) is 7.05 Å². The Labute approximate surface area is 165 Å². The highest BCUT2D eigenvalue weighted by atomic mass is 32.1. The van der Waals surface area contributed by atoms with Crippen molar-refractivity contribution in [1.82, 2.24) is 14.5 Å². The molecule has 1 heterocycles. The number of nitrogens with one attached hydrogen (secondary N) is 1. The van der Waals surface area contributed by atoms with E-state index >= 15 is 0 Å². The van der Waals surface area contributed by atoms with Crippen molar-refractivity contribution in [2.45, 2.75) is 25.9 Å². The van der Waals surface area contributed by atoms with Gasteiger partial charge < -0.3 is 9.88 Å². The van der Waals surface area contributed by atoms with E-state index in [2.05, 4.69) is 4.98 Å². The SMILES string of the molecule is CC(c1ccc(F)c(F)c1)N(C)C(=O)CCn1c(=S)[nH]c2ccccc2c1=O. The van der Waals surface area contributed by atoms with Gasteiger partial charge in [-0.2, -0.15) is 0 Å². The second kappa shape index (κ2) is 8.02. The summed E-state index contributed by atoms with van der Waals surface area (Å²) in [6.45, 7) is 1.84. The number of carbonyl (C=O) groups excluding carboxylic acids is 1. The monoisotopic (exact) mass is 403 g/mol. The summed E-state index contributed by atoms with van der Waals surface area (Å²) in [6, 6.07) is 10.1. The molecule has 1 aromatic heterocycles. The number of aromatic nitrogens is 2. The summed E-state index contributed by atoms with van der Waals surface area (Å²) in [5, 5.41) is 0.493. The minimum atomic E-state index is -0.959. The van der Waals surface area contributed by atoms with Crippen LogP contribution in [-0.4, -0.2) is 27.4 Å². The Morgan fingerprint density at radius 3 is 2.64 bits per heavy atom. The predicted molar refractivity (Wildman–Crippen MR) is 106 cm³/mol. The fourth-order valence-corrected chi connectivity index (χ4v) is 3.28. The number of nitrogens with zero attached hydrogens (tertiary/aromatic N) is 2. The van der Waals surface area contributed by atoms with Crippen molar-refractivity contribution in [3.8, 4) is 0 Å². The average molecular weight is 403 g/mol. The summed E-state index contributed by atoms with van der Waals surface area (Å²) < 4.78 is 28.2. The van der Waals surface area contributed by atoms with Gasteiger partial charge in [-0.25, -0.2) is 8.78 Å². The number of hydrogen-bond donors (Lipinski definition) is 1. The van der Waals surface area contributed by atoms with E-state index in [1.165, 1.54) is 15.5 Å². The van der Waals surface area contributed by atoms with Crippen molar-refractivity contribution >= 4 is 29.0 Å². The lowest BCUT2D eigenvalue weighted by Crippen LogP contribution is -2.32. The molecule has 5 nitrogen and oxygen atoms in total. The number of halogens is 2. The smallest absolute Gasteiger partial charge is 0.262 e. The van der Waals surface area contributed by atoms with Gasteiger partial charge in [0.25, 0.3) is 5.56 Å². The maximum Gasteiger partial charge on any atom is 0.262 e. The molecule has 0 aliphatic rings. The standard InChI is InChI=1S/C20H19F2N3O2S/c1-12(13-7-8-15(21)16(22)11-13)24(2)18(26)9-10-25-19(27)14-5-3-4-6-17(14)23-20(25)28/h3-8,11-12H,9-10H2,1-2H3,(H,23,28). The minimum Gasteiger partial charge on any atom is -0.339 e. The van der Waals surface area contributed by atoms with Crippen LogP contribution in [0.15, 0.2) is 47.3 Å². The fraction of sp³-hybridized carbons (Fsp3) is 0.250. The van der Waals surface area contributed by atoms with Gasteiger partial charge in [0.2, 0.25) is 5.91 Å². The summed E-state index contributed by atoms with van der Waals surface area (Å²) in [7, 11) is 1.58. The van der Waals surface area contributed by atoms with E-state index in [-0.39, 0.29) is 29.2 Å². The Morgan fingerprint density at radius 1 is 1.21 bits per heavy atom. The van der Waals surface area contributed by atoms with Gasteiger partial charge in [-0.1, -0.05) is 18.2 Å². The molecule has 0 saturated carbocycles. The molecule has 1 amide bonds. The average Bonchev–Trinajstić information content (AvgIpc) is 2.68. The van der Waals surface area contributed by atoms with Crippen LogP contribution in [0.3, 0.4) is 0 Å². The zero-order chi connectivity index (χ0) is 20.4. The second-order valence-electron chi connectivity index (χ2n) is 6.54.